The van der Waals surface area contributed by atoms with E-state index in [9.17, 15) is 0 Å². The van der Waals surface area contributed by atoms with Gasteiger partial charge in [0.1, 0.15) is 16.8 Å². The second-order valence-electron chi connectivity index (χ2n) is 13.9. The number of benzene rings is 6. The van der Waals surface area contributed by atoms with Gasteiger partial charge in [0.15, 0.2) is 11.4 Å². The van der Waals surface area contributed by atoms with Gasteiger partial charge in [0.05, 0.1) is 0 Å². The first-order valence-electron chi connectivity index (χ1n) is 17.7. The quantitative estimate of drug-likeness (QED) is 0.189. The van der Waals surface area contributed by atoms with Gasteiger partial charge in [-0.3, -0.25) is 0 Å². The van der Waals surface area contributed by atoms with Crippen molar-refractivity contribution in [1.29, 1.82) is 0 Å². The smallest absolute Gasteiger partial charge is 0.180 e. The zero-order valence-corrected chi connectivity index (χ0v) is 28.3. The van der Waals surface area contributed by atoms with Crippen LogP contribution in [0.15, 0.2) is 138 Å². The number of thiophene rings is 1. The summed E-state index contributed by atoms with van der Waals surface area (Å²) in [4.78, 5) is 10.2. The summed E-state index contributed by atoms with van der Waals surface area (Å²) in [6.07, 6.45) is 6.34. The predicted octanol–water partition coefficient (Wildman–Crippen LogP) is 13.0. The third kappa shape index (κ3) is 3.97. The van der Waals surface area contributed by atoms with Gasteiger partial charge < -0.3 is 4.42 Å². The number of nitrogens with zero attached hydrogens (tertiary/aromatic N) is 2. The summed E-state index contributed by atoms with van der Waals surface area (Å²) in [6, 6.07) is 48.3. The van der Waals surface area contributed by atoms with Gasteiger partial charge in [-0.25, -0.2) is 9.97 Å². The van der Waals surface area contributed by atoms with E-state index in [1.165, 1.54) is 80.1 Å². The van der Waals surface area contributed by atoms with Crippen LogP contribution < -0.4 is 0 Å². The largest absolute Gasteiger partial charge is 0.452 e. The fraction of sp³-hybridized carbons (Fsp3) is 0.130. The third-order valence-corrected chi connectivity index (χ3v) is 12.5. The molecule has 238 valence electrons. The molecule has 1 saturated carbocycles. The highest BCUT2D eigenvalue weighted by atomic mass is 32.1. The molecular weight excluding hydrogens is 629 g/mol. The Bertz CT molecular complexity index is 2800. The summed E-state index contributed by atoms with van der Waals surface area (Å²) >= 11 is 1.90. The Kier molecular flexibility index (Phi) is 6.06. The van der Waals surface area contributed by atoms with E-state index in [1.54, 1.807) is 5.56 Å². The Labute approximate surface area is 293 Å². The van der Waals surface area contributed by atoms with Crippen molar-refractivity contribution in [1.82, 2.24) is 9.97 Å². The van der Waals surface area contributed by atoms with Crippen LogP contribution in [0.1, 0.15) is 43.2 Å². The molecule has 11 rings (SSSR count). The molecule has 3 nitrogen and oxygen atoms in total. The first-order valence-corrected chi connectivity index (χ1v) is 18.5. The molecule has 6 aromatic carbocycles. The van der Waals surface area contributed by atoms with E-state index in [1.807, 2.05) is 47.7 Å². The molecular formula is C46H32N2OS. The highest BCUT2D eigenvalue weighted by Crippen LogP contribution is 2.59. The van der Waals surface area contributed by atoms with E-state index in [0.717, 1.165) is 38.9 Å². The minimum absolute atomic E-state index is 0.0915. The fourth-order valence-electron chi connectivity index (χ4n) is 9.12. The number of hydrogen-bond donors (Lipinski definition) is 0. The molecule has 1 spiro atoms. The SMILES string of the molecule is c1ccc(-c2nc(-c3ccc4sc5c(-c6cccc7c6C6(CCCCC6)c6ccccc6-7)cccc5c4c3)c3oc4ccccc4c3n2)cc1. The van der Waals surface area contributed by atoms with Crippen molar-refractivity contribution in [3.63, 3.8) is 0 Å². The summed E-state index contributed by atoms with van der Waals surface area (Å²) in [5, 5.41) is 3.54. The molecule has 3 heterocycles. The lowest BCUT2D eigenvalue weighted by Gasteiger charge is -2.37. The lowest BCUT2D eigenvalue weighted by Crippen LogP contribution is -2.28. The van der Waals surface area contributed by atoms with E-state index in [0.29, 0.717) is 5.82 Å². The number of fused-ring (bicyclic) bond motifs is 11. The van der Waals surface area contributed by atoms with Crippen LogP contribution in [-0.4, -0.2) is 9.97 Å². The van der Waals surface area contributed by atoms with Crippen molar-refractivity contribution in [2.45, 2.75) is 37.5 Å². The maximum atomic E-state index is 6.49. The van der Waals surface area contributed by atoms with Gasteiger partial charge >= 0.3 is 0 Å². The number of aromatic nitrogens is 2. The molecule has 0 saturated heterocycles. The Morgan fingerprint density at radius 2 is 1.28 bits per heavy atom. The molecule has 2 aliphatic rings. The van der Waals surface area contributed by atoms with Crippen molar-refractivity contribution >= 4 is 53.6 Å². The maximum Gasteiger partial charge on any atom is 0.180 e. The Balaban J connectivity index is 1.13. The summed E-state index contributed by atoms with van der Waals surface area (Å²) < 4.78 is 9.11. The number of para-hydroxylation sites is 1. The molecule has 0 N–H and O–H groups in total. The summed E-state index contributed by atoms with van der Waals surface area (Å²) in [5.41, 5.74) is 14.0. The molecule has 0 radical (unpaired) electrons. The van der Waals surface area contributed by atoms with E-state index >= 15 is 0 Å². The Morgan fingerprint density at radius 3 is 2.18 bits per heavy atom. The average Bonchev–Trinajstić information content (AvgIpc) is 3.84. The summed E-state index contributed by atoms with van der Waals surface area (Å²) in [6.45, 7) is 0. The molecule has 0 aliphatic heterocycles. The van der Waals surface area contributed by atoms with E-state index in [4.69, 9.17) is 14.4 Å². The summed E-state index contributed by atoms with van der Waals surface area (Å²) in [7, 11) is 0. The maximum absolute atomic E-state index is 6.49. The molecule has 9 aromatic rings. The van der Waals surface area contributed by atoms with Crippen LogP contribution in [0, 0.1) is 0 Å². The highest BCUT2D eigenvalue weighted by molar-refractivity contribution is 7.26. The highest BCUT2D eigenvalue weighted by Gasteiger charge is 2.45. The van der Waals surface area contributed by atoms with Gasteiger partial charge in [-0.2, -0.15) is 0 Å². The zero-order chi connectivity index (χ0) is 32.8. The van der Waals surface area contributed by atoms with Crippen molar-refractivity contribution in [3.05, 3.63) is 145 Å². The minimum atomic E-state index is 0.0915. The minimum Gasteiger partial charge on any atom is -0.452 e. The topological polar surface area (TPSA) is 38.9 Å². The molecule has 0 unspecified atom stereocenters. The fourth-order valence-corrected chi connectivity index (χ4v) is 10.3. The first-order chi connectivity index (χ1) is 24.8. The standard InChI is InChI=1S/C46H32N2OS/c1-3-13-28(14-4-1)45-47-41(43-42(48-45)35-16-6-8-22-38(35)49-43)29-23-24-39-36(27-29)34-20-12-19-33(44(34)50-39)32-18-11-17-31-30-15-5-7-21-37(30)46(40(31)32)25-9-2-10-26-46/h1,3-8,11-24,27H,2,9-10,25-26H2. The molecule has 0 amide bonds. The van der Waals surface area contributed by atoms with E-state index in [2.05, 4.69) is 97.1 Å². The van der Waals surface area contributed by atoms with Crippen LogP contribution in [0.3, 0.4) is 0 Å². The molecule has 0 atom stereocenters. The predicted molar refractivity (Wildman–Crippen MR) is 208 cm³/mol. The van der Waals surface area contributed by atoms with Gasteiger partial charge in [0.2, 0.25) is 0 Å². The van der Waals surface area contributed by atoms with Crippen LogP contribution >= 0.6 is 11.3 Å². The lowest BCUT2D eigenvalue weighted by molar-refractivity contribution is 0.353. The van der Waals surface area contributed by atoms with Crippen molar-refractivity contribution < 1.29 is 4.42 Å². The Morgan fingerprint density at radius 1 is 0.560 bits per heavy atom. The second-order valence-corrected chi connectivity index (χ2v) is 15.0. The van der Waals surface area contributed by atoms with Crippen molar-refractivity contribution in [2.24, 2.45) is 0 Å². The van der Waals surface area contributed by atoms with Gasteiger partial charge in [-0.1, -0.05) is 128 Å². The van der Waals surface area contributed by atoms with Gasteiger partial charge in [0, 0.05) is 42.1 Å². The van der Waals surface area contributed by atoms with Crippen molar-refractivity contribution in [2.75, 3.05) is 0 Å². The third-order valence-electron chi connectivity index (χ3n) is 11.3. The van der Waals surface area contributed by atoms with Crippen LogP contribution in [0.2, 0.25) is 0 Å². The first kappa shape index (κ1) is 28.3. The second kappa shape index (κ2) is 10.7. The molecule has 0 bridgehead atoms. The normalized spacial score (nSPS) is 15.0. The van der Waals surface area contributed by atoms with Crippen LogP contribution in [-0.2, 0) is 5.41 Å². The van der Waals surface area contributed by atoms with Crippen molar-refractivity contribution in [3.8, 4) is 44.9 Å². The van der Waals surface area contributed by atoms with Crippen LogP contribution in [0.25, 0.3) is 87.1 Å². The van der Waals surface area contributed by atoms with Gasteiger partial charge in [-0.15, -0.1) is 11.3 Å². The monoisotopic (exact) mass is 660 g/mol. The molecule has 2 aliphatic carbocycles. The number of rotatable bonds is 3. The van der Waals surface area contributed by atoms with Gasteiger partial charge in [0.25, 0.3) is 0 Å². The van der Waals surface area contributed by atoms with E-state index < -0.39 is 0 Å². The molecule has 4 heteroatoms. The molecule has 3 aromatic heterocycles. The molecule has 1 fully saturated rings. The average molecular weight is 661 g/mol. The number of furan rings is 1. The Hall–Kier alpha value is -5.58. The van der Waals surface area contributed by atoms with Crippen LogP contribution in [0.5, 0.6) is 0 Å². The lowest BCUT2D eigenvalue weighted by atomic mass is 9.66. The van der Waals surface area contributed by atoms with Crippen LogP contribution in [0.4, 0.5) is 0 Å². The van der Waals surface area contributed by atoms with E-state index in [-0.39, 0.29) is 5.41 Å². The number of hydrogen-bond acceptors (Lipinski definition) is 4. The zero-order valence-electron chi connectivity index (χ0n) is 27.4. The summed E-state index contributed by atoms with van der Waals surface area (Å²) in [5.74, 6) is 0.702. The van der Waals surface area contributed by atoms with Gasteiger partial charge in [-0.05, 0) is 70.5 Å². The molecule has 50 heavy (non-hydrogen) atoms.